The maximum atomic E-state index is 10.8. The molecular formula is C8H18N2O2. The van der Waals surface area contributed by atoms with E-state index >= 15 is 0 Å². The van der Waals surface area contributed by atoms with E-state index in [0.29, 0.717) is 19.4 Å². The number of aliphatic hydroxyl groups excluding tert-OH is 1. The molecular weight excluding hydrogens is 156 g/mol. The minimum atomic E-state index is -0.405. The molecule has 0 saturated carbocycles. The standard InChI is InChI=1S/C8H18N2O2/c1-9-8(12)5-4-7(11)6-10(2)3/h7,11H,4-6H2,1-3H3,(H,9,12). The van der Waals surface area contributed by atoms with Gasteiger partial charge in [-0.25, -0.2) is 0 Å². The molecule has 4 heteroatoms. The van der Waals surface area contributed by atoms with Crippen LogP contribution in [0.1, 0.15) is 12.8 Å². The Morgan fingerprint density at radius 2 is 2.17 bits per heavy atom. The molecule has 1 atom stereocenters. The highest BCUT2D eigenvalue weighted by atomic mass is 16.3. The molecule has 4 nitrogen and oxygen atoms in total. The fraction of sp³-hybridized carbons (Fsp3) is 0.875. The summed E-state index contributed by atoms with van der Waals surface area (Å²) < 4.78 is 0. The second-order valence-electron chi connectivity index (χ2n) is 3.13. The van der Waals surface area contributed by atoms with E-state index in [9.17, 15) is 9.90 Å². The molecule has 0 aliphatic carbocycles. The number of aliphatic hydroxyl groups is 1. The second-order valence-corrected chi connectivity index (χ2v) is 3.13. The molecule has 0 rings (SSSR count). The van der Waals surface area contributed by atoms with Crippen molar-refractivity contribution in [2.45, 2.75) is 18.9 Å². The minimum Gasteiger partial charge on any atom is -0.392 e. The zero-order valence-electron chi connectivity index (χ0n) is 8.00. The Balaban J connectivity index is 3.43. The number of carbonyl (C=O) groups excluding carboxylic acids is 1. The molecule has 0 aromatic carbocycles. The fourth-order valence-corrected chi connectivity index (χ4v) is 0.935. The monoisotopic (exact) mass is 174 g/mol. The van der Waals surface area contributed by atoms with E-state index in [1.54, 1.807) is 7.05 Å². The van der Waals surface area contributed by atoms with Crippen molar-refractivity contribution < 1.29 is 9.90 Å². The van der Waals surface area contributed by atoms with Crippen molar-refractivity contribution in [3.05, 3.63) is 0 Å². The third-order valence-electron chi connectivity index (χ3n) is 1.56. The van der Waals surface area contributed by atoms with Gasteiger partial charge in [-0.3, -0.25) is 4.79 Å². The zero-order valence-corrected chi connectivity index (χ0v) is 8.00. The smallest absolute Gasteiger partial charge is 0.219 e. The van der Waals surface area contributed by atoms with Crippen LogP contribution >= 0.6 is 0 Å². The van der Waals surface area contributed by atoms with Crippen LogP contribution in [0.5, 0.6) is 0 Å². The van der Waals surface area contributed by atoms with E-state index in [4.69, 9.17) is 0 Å². The van der Waals surface area contributed by atoms with Gasteiger partial charge in [-0.05, 0) is 20.5 Å². The van der Waals surface area contributed by atoms with Gasteiger partial charge in [-0.2, -0.15) is 0 Å². The second kappa shape index (κ2) is 5.97. The lowest BCUT2D eigenvalue weighted by molar-refractivity contribution is -0.121. The van der Waals surface area contributed by atoms with Crippen LogP contribution in [0.4, 0.5) is 0 Å². The molecule has 0 aliphatic heterocycles. The van der Waals surface area contributed by atoms with Crippen LogP contribution in [0.15, 0.2) is 0 Å². The Labute approximate surface area is 73.6 Å². The molecule has 0 radical (unpaired) electrons. The van der Waals surface area contributed by atoms with E-state index in [0.717, 1.165) is 0 Å². The topological polar surface area (TPSA) is 52.6 Å². The molecule has 1 unspecified atom stereocenters. The molecule has 0 heterocycles. The quantitative estimate of drug-likeness (QED) is 0.587. The van der Waals surface area contributed by atoms with E-state index in [1.165, 1.54) is 0 Å². The Morgan fingerprint density at radius 1 is 1.58 bits per heavy atom. The fourth-order valence-electron chi connectivity index (χ4n) is 0.935. The molecule has 0 fully saturated rings. The number of rotatable bonds is 5. The molecule has 1 amide bonds. The molecule has 72 valence electrons. The SMILES string of the molecule is CNC(=O)CCC(O)CN(C)C. The number of carbonyl (C=O) groups is 1. The number of hydrogen-bond donors (Lipinski definition) is 2. The first-order valence-corrected chi connectivity index (χ1v) is 4.09. The number of nitrogens with zero attached hydrogens (tertiary/aromatic N) is 1. The van der Waals surface area contributed by atoms with Crippen molar-refractivity contribution in [3.8, 4) is 0 Å². The van der Waals surface area contributed by atoms with Gasteiger partial charge >= 0.3 is 0 Å². The number of nitrogens with one attached hydrogen (secondary N) is 1. The van der Waals surface area contributed by atoms with Crippen molar-refractivity contribution in [2.24, 2.45) is 0 Å². The summed E-state index contributed by atoms with van der Waals surface area (Å²) in [6.45, 7) is 0.608. The summed E-state index contributed by atoms with van der Waals surface area (Å²) in [5.74, 6) is -0.0205. The first kappa shape index (κ1) is 11.4. The van der Waals surface area contributed by atoms with Gasteiger partial charge in [0.2, 0.25) is 5.91 Å². The highest BCUT2D eigenvalue weighted by Crippen LogP contribution is 1.97. The lowest BCUT2D eigenvalue weighted by Gasteiger charge is -2.14. The Morgan fingerprint density at radius 3 is 2.58 bits per heavy atom. The lowest BCUT2D eigenvalue weighted by atomic mass is 10.2. The first-order valence-electron chi connectivity index (χ1n) is 4.09. The highest BCUT2D eigenvalue weighted by Gasteiger charge is 2.07. The van der Waals surface area contributed by atoms with Crippen molar-refractivity contribution in [1.82, 2.24) is 10.2 Å². The molecule has 0 aliphatic rings. The normalized spacial score (nSPS) is 13.1. The van der Waals surface area contributed by atoms with E-state index in [1.807, 2.05) is 19.0 Å². The summed E-state index contributed by atoms with van der Waals surface area (Å²) in [6.07, 6.45) is 0.515. The van der Waals surface area contributed by atoms with Gasteiger partial charge < -0.3 is 15.3 Å². The maximum absolute atomic E-state index is 10.8. The summed E-state index contributed by atoms with van der Waals surface area (Å²) in [6, 6.07) is 0. The van der Waals surface area contributed by atoms with Gasteiger partial charge in [-0.15, -0.1) is 0 Å². The van der Waals surface area contributed by atoms with E-state index < -0.39 is 6.10 Å². The first-order chi connectivity index (χ1) is 5.56. The van der Waals surface area contributed by atoms with Crippen LogP contribution in [0.2, 0.25) is 0 Å². The van der Waals surface area contributed by atoms with Crippen LogP contribution in [0.25, 0.3) is 0 Å². The number of hydrogen-bond acceptors (Lipinski definition) is 3. The molecule has 0 aromatic heterocycles. The average Bonchev–Trinajstić information content (AvgIpc) is 1.99. The zero-order chi connectivity index (χ0) is 9.56. The van der Waals surface area contributed by atoms with Crippen molar-refractivity contribution >= 4 is 5.91 Å². The number of amides is 1. The summed E-state index contributed by atoms with van der Waals surface area (Å²) in [4.78, 5) is 12.7. The molecule has 0 saturated heterocycles. The predicted octanol–water partition coefficient (Wildman–Crippen LogP) is -0.565. The summed E-state index contributed by atoms with van der Waals surface area (Å²) in [7, 11) is 5.38. The van der Waals surface area contributed by atoms with Crippen molar-refractivity contribution in [1.29, 1.82) is 0 Å². The van der Waals surface area contributed by atoms with Gasteiger partial charge in [0.05, 0.1) is 6.10 Å². The lowest BCUT2D eigenvalue weighted by Crippen LogP contribution is -2.27. The summed E-state index contributed by atoms with van der Waals surface area (Å²) in [5, 5.41) is 11.9. The highest BCUT2D eigenvalue weighted by molar-refractivity contribution is 5.75. The third kappa shape index (κ3) is 6.12. The third-order valence-corrected chi connectivity index (χ3v) is 1.56. The largest absolute Gasteiger partial charge is 0.392 e. The van der Waals surface area contributed by atoms with Crippen LogP contribution in [-0.2, 0) is 4.79 Å². The maximum Gasteiger partial charge on any atom is 0.219 e. The molecule has 12 heavy (non-hydrogen) atoms. The minimum absolute atomic E-state index is 0.0205. The summed E-state index contributed by atoms with van der Waals surface area (Å²) in [5.41, 5.74) is 0. The Hall–Kier alpha value is -0.610. The van der Waals surface area contributed by atoms with Crippen LogP contribution < -0.4 is 5.32 Å². The number of likely N-dealkylation sites (N-methyl/N-ethyl adjacent to an activating group) is 1. The molecule has 0 bridgehead atoms. The molecule has 0 spiro atoms. The van der Waals surface area contributed by atoms with Crippen LogP contribution in [0, 0.1) is 0 Å². The molecule has 0 aromatic rings. The molecule has 2 N–H and O–H groups in total. The summed E-state index contributed by atoms with van der Waals surface area (Å²) >= 11 is 0. The van der Waals surface area contributed by atoms with Gasteiger partial charge in [-0.1, -0.05) is 0 Å². The predicted molar refractivity (Wildman–Crippen MR) is 47.9 cm³/mol. The van der Waals surface area contributed by atoms with Crippen molar-refractivity contribution in [3.63, 3.8) is 0 Å². The Bertz CT molecular complexity index is 137. The van der Waals surface area contributed by atoms with Gasteiger partial charge in [0.25, 0.3) is 0 Å². The van der Waals surface area contributed by atoms with Crippen LogP contribution in [0.3, 0.4) is 0 Å². The van der Waals surface area contributed by atoms with Gasteiger partial charge in [0.15, 0.2) is 0 Å². The van der Waals surface area contributed by atoms with E-state index in [-0.39, 0.29) is 5.91 Å². The van der Waals surface area contributed by atoms with Crippen LogP contribution in [-0.4, -0.2) is 49.7 Å². The Kier molecular flexibility index (Phi) is 5.66. The van der Waals surface area contributed by atoms with E-state index in [2.05, 4.69) is 5.32 Å². The average molecular weight is 174 g/mol. The van der Waals surface area contributed by atoms with Crippen molar-refractivity contribution in [2.75, 3.05) is 27.7 Å². The van der Waals surface area contributed by atoms with Gasteiger partial charge in [0.1, 0.15) is 0 Å². The van der Waals surface area contributed by atoms with Gasteiger partial charge in [0, 0.05) is 20.0 Å².